The molecule has 1 aromatic rings. The van der Waals surface area contributed by atoms with E-state index < -0.39 is 0 Å². The molecule has 3 rings (SSSR count). The summed E-state index contributed by atoms with van der Waals surface area (Å²) in [5.41, 5.74) is 6.54. The zero-order chi connectivity index (χ0) is 15.0. The van der Waals surface area contributed by atoms with E-state index in [0.717, 1.165) is 44.2 Å². The Labute approximate surface area is 129 Å². The number of hydrogen-bond donors (Lipinski definition) is 1. The fraction of sp³-hybridized carbons (Fsp3) is 0.562. The van der Waals surface area contributed by atoms with Crippen LogP contribution in [0.1, 0.15) is 37.7 Å². The maximum absolute atomic E-state index is 13.1. The van der Waals surface area contributed by atoms with Crippen LogP contribution < -0.4 is 5.73 Å². The molecule has 1 aliphatic carbocycles. The first kappa shape index (κ1) is 14.8. The van der Waals surface area contributed by atoms with E-state index in [4.69, 9.17) is 17.3 Å². The number of halogens is 2. The minimum atomic E-state index is -0.353. The molecule has 2 N–H and O–H groups in total. The van der Waals surface area contributed by atoms with Crippen molar-refractivity contribution in [1.29, 1.82) is 0 Å². The van der Waals surface area contributed by atoms with Gasteiger partial charge in [0.2, 0.25) is 5.91 Å². The molecule has 0 bridgehead atoms. The molecule has 5 heteroatoms. The number of carbonyl (C=O) groups excluding carboxylic acids is 1. The van der Waals surface area contributed by atoms with Gasteiger partial charge in [-0.2, -0.15) is 0 Å². The van der Waals surface area contributed by atoms with Crippen molar-refractivity contribution in [2.45, 2.75) is 44.7 Å². The van der Waals surface area contributed by atoms with Gasteiger partial charge in [0.1, 0.15) is 5.82 Å². The molecular weight excluding hydrogens is 291 g/mol. The zero-order valence-electron chi connectivity index (χ0n) is 11.9. The smallest absolute Gasteiger partial charge is 0.229 e. The van der Waals surface area contributed by atoms with Crippen LogP contribution in [0.15, 0.2) is 18.2 Å². The highest BCUT2D eigenvalue weighted by molar-refractivity contribution is 6.31. The summed E-state index contributed by atoms with van der Waals surface area (Å²) >= 11 is 6.06. The molecule has 1 saturated heterocycles. The van der Waals surface area contributed by atoms with Crippen LogP contribution in [-0.2, 0) is 11.3 Å². The lowest BCUT2D eigenvalue weighted by Gasteiger charge is -2.34. The van der Waals surface area contributed by atoms with Crippen LogP contribution in [0.2, 0.25) is 5.02 Å². The third kappa shape index (κ3) is 2.79. The second kappa shape index (κ2) is 5.58. The van der Waals surface area contributed by atoms with Crippen LogP contribution in [0.3, 0.4) is 0 Å². The number of rotatable bonds is 2. The monoisotopic (exact) mass is 310 g/mol. The summed E-state index contributed by atoms with van der Waals surface area (Å²) < 4.78 is 13.1. The molecule has 21 heavy (non-hydrogen) atoms. The normalized spacial score (nSPS) is 29.4. The Bertz CT molecular complexity index is 555. The lowest BCUT2D eigenvalue weighted by molar-refractivity contribution is -0.138. The Kier molecular flexibility index (Phi) is 3.93. The van der Waals surface area contributed by atoms with E-state index in [1.165, 1.54) is 12.1 Å². The highest BCUT2D eigenvalue weighted by Crippen LogP contribution is 2.45. The predicted molar refractivity (Wildman–Crippen MR) is 80.3 cm³/mol. The van der Waals surface area contributed by atoms with Crippen LogP contribution in [0.25, 0.3) is 0 Å². The third-order valence-corrected chi connectivity index (χ3v) is 5.32. The van der Waals surface area contributed by atoms with E-state index in [1.54, 1.807) is 6.07 Å². The first-order valence-corrected chi connectivity index (χ1v) is 7.87. The van der Waals surface area contributed by atoms with Crippen molar-refractivity contribution in [2.75, 3.05) is 6.54 Å². The quantitative estimate of drug-likeness (QED) is 0.912. The second-order valence-corrected chi connectivity index (χ2v) is 6.74. The Hall–Kier alpha value is -1.13. The van der Waals surface area contributed by atoms with Gasteiger partial charge in [-0.1, -0.05) is 17.7 Å². The summed E-state index contributed by atoms with van der Waals surface area (Å²) in [6.07, 6.45) is 4.53. The van der Waals surface area contributed by atoms with Crippen LogP contribution in [0, 0.1) is 11.2 Å². The number of likely N-dealkylation sites (tertiary alicyclic amines) is 1. The van der Waals surface area contributed by atoms with E-state index in [9.17, 15) is 9.18 Å². The highest BCUT2D eigenvalue weighted by Gasteiger charge is 2.47. The molecule has 1 saturated carbocycles. The Morgan fingerprint density at radius 1 is 1.33 bits per heavy atom. The fourth-order valence-electron chi connectivity index (χ4n) is 3.56. The lowest BCUT2D eigenvalue weighted by atomic mass is 9.71. The van der Waals surface area contributed by atoms with Gasteiger partial charge in [0.25, 0.3) is 0 Å². The summed E-state index contributed by atoms with van der Waals surface area (Å²) in [6, 6.07) is 4.58. The minimum Gasteiger partial charge on any atom is -0.338 e. The number of nitrogens with two attached hydrogens (primary N) is 1. The molecule has 1 aliphatic heterocycles. The molecule has 1 heterocycles. The second-order valence-electron chi connectivity index (χ2n) is 6.33. The van der Waals surface area contributed by atoms with Crippen molar-refractivity contribution in [3.05, 3.63) is 34.6 Å². The van der Waals surface area contributed by atoms with Gasteiger partial charge in [-0.25, -0.2) is 4.39 Å². The number of amides is 1. The summed E-state index contributed by atoms with van der Waals surface area (Å²) in [5, 5.41) is 0.384. The van der Waals surface area contributed by atoms with E-state index in [1.807, 2.05) is 4.90 Å². The van der Waals surface area contributed by atoms with Crippen LogP contribution in [-0.4, -0.2) is 23.4 Å². The van der Waals surface area contributed by atoms with E-state index in [0.29, 0.717) is 11.6 Å². The topological polar surface area (TPSA) is 46.3 Å². The number of nitrogens with zero attached hydrogens (tertiary/aromatic N) is 1. The van der Waals surface area contributed by atoms with E-state index >= 15 is 0 Å². The van der Waals surface area contributed by atoms with E-state index in [2.05, 4.69) is 0 Å². The van der Waals surface area contributed by atoms with Gasteiger partial charge in [-0.15, -0.1) is 0 Å². The van der Waals surface area contributed by atoms with Gasteiger partial charge in [0.05, 0.1) is 5.41 Å². The van der Waals surface area contributed by atoms with Crippen molar-refractivity contribution in [2.24, 2.45) is 11.1 Å². The number of carbonyl (C=O) groups is 1. The van der Waals surface area contributed by atoms with Crippen molar-refractivity contribution >= 4 is 17.5 Å². The molecular formula is C16H20ClFN2O. The standard InChI is InChI=1S/C16H20ClFN2O/c17-14-9-12(18)2-1-11(14)10-20-8-7-16(15(20)21)5-3-13(19)4-6-16/h1-2,9,13H,3-8,10,19H2. The lowest BCUT2D eigenvalue weighted by Crippen LogP contribution is -2.40. The Balaban J connectivity index is 1.72. The van der Waals surface area contributed by atoms with Gasteiger partial charge in [-0.05, 0) is 49.8 Å². The van der Waals surface area contributed by atoms with Gasteiger partial charge >= 0.3 is 0 Å². The molecule has 0 radical (unpaired) electrons. The molecule has 0 unspecified atom stereocenters. The first-order valence-electron chi connectivity index (χ1n) is 7.49. The maximum Gasteiger partial charge on any atom is 0.229 e. The third-order valence-electron chi connectivity index (χ3n) is 4.96. The van der Waals surface area contributed by atoms with E-state index in [-0.39, 0.29) is 23.2 Å². The average Bonchev–Trinajstić information content (AvgIpc) is 2.75. The number of hydrogen-bond acceptors (Lipinski definition) is 2. The van der Waals surface area contributed by atoms with Gasteiger partial charge in [0, 0.05) is 24.2 Å². The van der Waals surface area contributed by atoms with Gasteiger partial charge in [0.15, 0.2) is 0 Å². The van der Waals surface area contributed by atoms with Gasteiger partial charge in [-0.3, -0.25) is 4.79 Å². The zero-order valence-corrected chi connectivity index (χ0v) is 12.7. The fourth-order valence-corrected chi connectivity index (χ4v) is 3.78. The average molecular weight is 311 g/mol. The van der Waals surface area contributed by atoms with Crippen molar-refractivity contribution in [1.82, 2.24) is 4.90 Å². The minimum absolute atomic E-state index is 0.206. The highest BCUT2D eigenvalue weighted by atomic mass is 35.5. The first-order chi connectivity index (χ1) is 10.00. The molecule has 0 aromatic heterocycles. The molecule has 1 spiro atoms. The van der Waals surface area contributed by atoms with Crippen molar-refractivity contribution in [3.8, 4) is 0 Å². The molecule has 3 nitrogen and oxygen atoms in total. The van der Waals surface area contributed by atoms with Gasteiger partial charge < -0.3 is 10.6 Å². The predicted octanol–water partition coefficient (Wildman–Crippen LogP) is 3.10. The molecule has 114 valence electrons. The summed E-state index contributed by atoms with van der Waals surface area (Å²) in [6.45, 7) is 1.22. The van der Waals surface area contributed by atoms with Crippen molar-refractivity contribution in [3.63, 3.8) is 0 Å². The Morgan fingerprint density at radius 2 is 2.05 bits per heavy atom. The molecule has 2 aliphatic rings. The Morgan fingerprint density at radius 3 is 2.71 bits per heavy atom. The van der Waals surface area contributed by atoms with Crippen molar-refractivity contribution < 1.29 is 9.18 Å². The summed E-state index contributed by atoms with van der Waals surface area (Å²) in [4.78, 5) is 14.6. The molecule has 2 fully saturated rings. The van der Waals surface area contributed by atoms with Crippen LogP contribution >= 0.6 is 11.6 Å². The number of benzene rings is 1. The summed E-state index contributed by atoms with van der Waals surface area (Å²) in [5.74, 6) is -0.135. The molecule has 1 amide bonds. The molecule has 0 atom stereocenters. The van der Waals surface area contributed by atoms with Crippen LogP contribution in [0.5, 0.6) is 0 Å². The van der Waals surface area contributed by atoms with Crippen LogP contribution in [0.4, 0.5) is 4.39 Å². The maximum atomic E-state index is 13.1. The SMILES string of the molecule is NC1CCC2(CC1)CCN(Cc1ccc(F)cc1Cl)C2=O. The largest absolute Gasteiger partial charge is 0.338 e. The summed E-state index contributed by atoms with van der Waals surface area (Å²) in [7, 11) is 0. The molecule has 1 aromatic carbocycles.